The topological polar surface area (TPSA) is 87.1 Å². The van der Waals surface area contributed by atoms with Crippen LogP contribution in [0.1, 0.15) is 65.2 Å². The summed E-state index contributed by atoms with van der Waals surface area (Å²) in [5.41, 5.74) is 8.23. The van der Waals surface area contributed by atoms with Gasteiger partial charge in [0.25, 0.3) is 0 Å². The molecule has 0 amide bonds. The molecule has 1 atom stereocenters. The Morgan fingerprint density at radius 2 is 1.86 bits per heavy atom. The van der Waals surface area contributed by atoms with E-state index in [0.717, 1.165) is 19.3 Å². The van der Waals surface area contributed by atoms with Crippen LogP contribution in [0.2, 0.25) is 0 Å². The van der Waals surface area contributed by atoms with Crippen molar-refractivity contribution in [3.8, 4) is 0 Å². The zero-order valence-electron chi connectivity index (χ0n) is 13.5. The molecular formula is C15H30N4O2. The predicted molar refractivity (Wildman–Crippen MR) is 85.0 cm³/mol. The highest BCUT2D eigenvalue weighted by atomic mass is 16.5. The van der Waals surface area contributed by atoms with Crippen molar-refractivity contribution in [3.05, 3.63) is 10.4 Å². The van der Waals surface area contributed by atoms with Crippen LogP contribution in [0.4, 0.5) is 0 Å². The molecule has 0 aromatic carbocycles. The molecule has 0 heterocycles. The van der Waals surface area contributed by atoms with Crippen molar-refractivity contribution < 1.29 is 9.53 Å². The quantitative estimate of drug-likeness (QED) is 0.173. The lowest BCUT2D eigenvalue weighted by atomic mass is 10.1. The number of azide groups is 1. The van der Waals surface area contributed by atoms with Crippen LogP contribution in [-0.2, 0) is 9.53 Å². The number of nitrogens with one attached hydrogen (secondary N) is 1. The second kappa shape index (κ2) is 15.1. The van der Waals surface area contributed by atoms with Gasteiger partial charge in [0.1, 0.15) is 6.04 Å². The number of carbonyl (C=O) groups excluding carboxylic acids is 1. The molecule has 0 saturated heterocycles. The van der Waals surface area contributed by atoms with Gasteiger partial charge in [0.15, 0.2) is 0 Å². The van der Waals surface area contributed by atoms with E-state index in [1.807, 2.05) is 6.92 Å². The number of hydrogen-bond donors (Lipinski definition) is 1. The summed E-state index contributed by atoms with van der Waals surface area (Å²) in [6.07, 6.45) is 9.34. The van der Waals surface area contributed by atoms with Crippen LogP contribution in [0.5, 0.6) is 0 Å². The molecule has 6 nitrogen and oxygen atoms in total. The van der Waals surface area contributed by atoms with Crippen LogP contribution in [0, 0.1) is 0 Å². The second-order valence-electron chi connectivity index (χ2n) is 5.12. The molecule has 0 aliphatic carbocycles. The highest BCUT2D eigenvalue weighted by molar-refractivity contribution is 5.75. The van der Waals surface area contributed by atoms with Crippen LogP contribution in [-0.4, -0.2) is 31.7 Å². The average molecular weight is 298 g/mol. The van der Waals surface area contributed by atoms with E-state index in [9.17, 15) is 4.79 Å². The fourth-order valence-corrected chi connectivity index (χ4v) is 2.19. The zero-order valence-corrected chi connectivity index (χ0v) is 13.5. The van der Waals surface area contributed by atoms with Crippen molar-refractivity contribution in [3.63, 3.8) is 0 Å². The number of esters is 1. The van der Waals surface area contributed by atoms with Crippen molar-refractivity contribution in [2.24, 2.45) is 5.11 Å². The number of hydrogen-bond acceptors (Lipinski definition) is 4. The minimum absolute atomic E-state index is 0.204. The molecule has 0 aliphatic heterocycles. The SMILES string of the molecule is CCCCCCCCCC(NCCN=[N+]=[N-])C(=O)OCC. The van der Waals surface area contributed by atoms with Crippen LogP contribution < -0.4 is 5.32 Å². The Bertz CT molecular complexity index is 304. The van der Waals surface area contributed by atoms with Crippen molar-refractivity contribution in [2.75, 3.05) is 19.7 Å². The first-order chi connectivity index (χ1) is 10.3. The normalized spacial score (nSPS) is 11.7. The van der Waals surface area contributed by atoms with Gasteiger partial charge in [0.05, 0.1) is 6.61 Å². The largest absolute Gasteiger partial charge is 0.465 e. The first-order valence-corrected chi connectivity index (χ1v) is 8.17. The third kappa shape index (κ3) is 12.2. The van der Waals surface area contributed by atoms with Gasteiger partial charge in [-0.3, -0.25) is 4.79 Å². The van der Waals surface area contributed by atoms with Crippen LogP contribution >= 0.6 is 0 Å². The Balaban J connectivity index is 3.87. The van der Waals surface area contributed by atoms with Gasteiger partial charge >= 0.3 is 5.97 Å². The molecule has 0 aromatic heterocycles. The van der Waals surface area contributed by atoms with Crippen LogP contribution in [0.25, 0.3) is 10.4 Å². The molecule has 1 unspecified atom stereocenters. The Hall–Kier alpha value is -1.26. The van der Waals surface area contributed by atoms with Crippen molar-refractivity contribution >= 4 is 5.97 Å². The monoisotopic (exact) mass is 298 g/mol. The lowest BCUT2D eigenvalue weighted by Gasteiger charge is -2.16. The summed E-state index contributed by atoms with van der Waals surface area (Å²) in [6, 6.07) is -0.283. The molecule has 21 heavy (non-hydrogen) atoms. The van der Waals surface area contributed by atoms with Crippen LogP contribution in [0.3, 0.4) is 0 Å². The van der Waals surface area contributed by atoms with E-state index >= 15 is 0 Å². The number of rotatable bonds is 14. The van der Waals surface area contributed by atoms with Crippen molar-refractivity contribution in [2.45, 2.75) is 71.3 Å². The molecule has 0 saturated carbocycles. The average Bonchev–Trinajstić information content (AvgIpc) is 2.48. The Labute approximate surface area is 128 Å². The van der Waals surface area contributed by atoms with Gasteiger partial charge in [-0.1, -0.05) is 57.0 Å². The summed E-state index contributed by atoms with van der Waals surface area (Å²) in [6.45, 7) is 5.27. The molecule has 0 aliphatic rings. The smallest absolute Gasteiger partial charge is 0.323 e. The fraction of sp³-hybridized carbons (Fsp3) is 0.933. The number of nitrogens with zero attached hydrogens (tertiary/aromatic N) is 3. The van der Waals surface area contributed by atoms with Gasteiger partial charge in [0.2, 0.25) is 0 Å². The lowest BCUT2D eigenvalue weighted by Crippen LogP contribution is -2.39. The standard InChI is InChI=1S/C15H30N4O2/c1-3-5-6-7-8-9-10-11-14(15(20)21-4-2)17-12-13-18-19-16/h14,17H,3-13H2,1-2H3. The molecule has 0 fully saturated rings. The van der Waals surface area contributed by atoms with Gasteiger partial charge in [-0.25, -0.2) is 0 Å². The molecular weight excluding hydrogens is 268 g/mol. The molecule has 0 radical (unpaired) electrons. The Morgan fingerprint density at radius 1 is 1.19 bits per heavy atom. The number of unbranched alkanes of at least 4 members (excludes halogenated alkanes) is 6. The third-order valence-electron chi connectivity index (χ3n) is 3.33. The van der Waals surface area contributed by atoms with Crippen LogP contribution in [0.15, 0.2) is 5.11 Å². The van der Waals surface area contributed by atoms with E-state index in [-0.39, 0.29) is 12.0 Å². The molecule has 0 rings (SSSR count). The van der Waals surface area contributed by atoms with Gasteiger partial charge in [-0.2, -0.15) is 0 Å². The first kappa shape index (κ1) is 19.7. The van der Waals surface area contributed by atoms with Gasteiger partial charge in [-0.15, -0.1) is 0 Å². The molecule has 0 bridgehead atoms. The molecule has 1 N–H and O–H groups in total. The summed E-state index contributed by atoms with van der Waals surface area (Å²) in [7, 11) is 0. The van der Waals surface area contributed by atoms with E-state index in [2.05, 4.69) is 22.3 Å². The second-order valence-corrected chi connectivity index (χ2v) is 5.12. The minimum atomic E-state index is -0.283. The minimum Gasteiger partial charge on any atom is -0.465 e. The van der Waals surface area contributed by atoms with E-state index in [1.54, 1.807) is 0 Å². The number of ether oxygens (including phenoxy) is 1. The Morgan fingerprint density at radius 3 is 2.48 bits per heavy atom. The Kier molecular flexibility index (Phi) is 14.2. The lowest BCUT2D eigenvalue weighted by molar-refractivity contribution is -0.145. The van der Waals surface area contributed by atoms with Gasteiger partial charge < -0.3 is 10.1 Å². The maximum atomic E-state index is 11.8. The predicted octanol–water partition coefficient (Wildman–Crippen LogP) is 3.96. The molecule has 0 aromatic rings. The summed E-state index contributed by atoms with van der Waals surface area (Å²) in [5.74, 6) is -0.204. The van der Waals surface area contributed by atoms with E-state index in [0.29, 0.717) is 19.7 Å². The summed E-state index contributed by atoms with van der Waals surface area (Å²) in [4.78, 5) is 14.5. The summed E-state index contributed by atoms with van der Waals surface area (Å²) >= 11 is 0. The molecule has 0 spiro atoms. The van der Waals surface area contributed by atoms with Gasteiger partial charge in [-0.05, 0) is 18.9 Å². The van der Waals surface area contributed by atoms with E-state index < -0.39 is 0 Å². The van der Waals surface area contributed by atoms with E-state index in [4.69, 9.17) is 10.3 Å². The third-order valence-corrected chi connectivity index (χ3v) is 3.33. The molecule has 6 heteroatoms. The van der Waals surface area contributed by atoms with Gasteiger partial charge in [0, 0.05) is 18.0 Å². The highest BCUT2D eigenvalue weighted by Gasteiger charge is 2.18. The zero-order chi connectivity index (χ0) is 15.8. The summed E-state index contributed by atoms with van der Waals surface area (Å²) in [5, 5.41) is 6.56. The first-order valence-electron chi connectivity index (χ1n) is 8.17. The maximum Gasteiger partial charge on any atom is 0.323 e. The van der Waals surface area contributed by atoms with Crippen molar-refractivity contribution in [1.82, 2.24) is 5.32 Å². The van der Waals surface area contributed by atoms with E-state index in [1.165, 1.54) is 32.1 Å². The molecule has 122 valence electrons. The van der Waals surface area contributed by atoms with Crippen molar-refractivity contribution in [1.29, 1.82) is 0 Å². The maximum absolute atomic E-state index is 11.8. The fourth-order valence-electron chi connectivity index (χ4n) is 2.19. The number of carbonyl (C=O) groups is 1. The summed E-state index contributed by atoms with van der Waals surface area (Å²) < 4.78 is 5.07. The highest BCUT2D eigenvalue weighted by Crippen LogP contribution is 2.10.